The fourth-order valence-electron chi connectivity index (χ4n) is 3.41. The van der Waals surface area contributed by atoms with Crippen LogP contribution in [0.2, 0.25) is 0 Å². The summed E-state index contributed by atoms with van der Waals surface area (Å²) in [6, 6.07) is 12.7. The van der Waals surface area contributed by atoms with E-state index in [0.717, 1.165) is 6.42 Å². The molecule has 1 aliphatic rings. The molecule has 2 aromatic rings. The lowest BCUT2D eigenvalue weighted by Gasteiger charge is -2.32. The maximum atomic E-state index is 12.7. The van der Waals surface area contributed by atoms with Crippen LogP contribution in [0.25, 0.3) is 0 Å². The van der Waals surface area contributed by atoms with Crippen LogP contribution in [-0.4, -0.2) is 30.2 Å². The summed E-state index contributed by atoms with van der Waals surface area (Å²) in [6.45, 7) is 7.65. The molecule has 0 bridgehead atoms. The zero-order valence-corrected chi connectivity index (χ0v) is 17.9. The molecule has 0 spiro atoms. The van der Waals surface area contributed by atoms with Gasteiger partial charge in [0.2, 0.25) is 5.91 Å². The number of amides is 2. The van der Waals surface area contributed by atoms with Gasteiger partial charge in [-0.05, 0) is 55.2 Å². The molecule has 1 atom stereocenters. The number of nitrogens with zero attached hydrogens (tertiary/aromatic N) is 1. The number of ketones is 1. The van der Waals surface area contributed by atoms with E-state index in [1.807, 2.05) is 31.2 Å². The van der Waals surface area contributed by atoms with E-state index in [1.54, 1.807) is 25.1 Å². The number of carbonyl (C=O) groups excluding carboxylic acids is 3. The molecular formula is C24H28N2O4. The first-order valence-electron chi connectivity index (χ1n) is 10.3. The van der Waals surface area contributed by atoms with Crippen molar-refractivity contribution in [2.24, 2.45) is 0 Å². The van der Waals surface area contributed by atoms with Crippen LogP contribution in [0.4, 0.5) is 11.4 Å². The number of hydrogen-bond acceptors (Lipinski definition) is 4. The molecule has 3 rings (SSSR count). The van der Waals surface area contributed by atoms with Gasteiger partial charge in [-0.2, -0.15) is 0 Å². The van der Waals surface area contributed by atoms with Crippen molar-refractivity contribution in [3.8, 4) is 5.75 Å². The van der Waals surface area contributed by atoms with Gasteiger partial charge in [-0.15, -0.1) is 0 Å². The lowest BCUT2D eigenvalue weighted by molar-refractivity contribution is -0.127. The van der Waals surface area contributed by atoms with Crippen LogP contribution in [0.15, 0.2) is 42.5 Å². The molecule has 1 aliphatic heterocycles. The van der Waals surface area contributed by atoms with E-state index >= 15 is 0 Å². The van der Waals surface area contributed by atoms with Gasteiger partial charge in [-0.3, -0.25) is 19.3 Å². The quantitative estimate of drug-likeness (QED) is 0.682. The van der Waals surface area contributed by atoms with Gasteiger partial charge in [0.25, 0.3) is 5.91 Å². The number of nitrogens with one attached hydrogen (secondary N) is 1. The molecule has 1 N–H and O–H groups in total. The molecule has 0 aromatic heterocycles. The molecule has 0 saturated carbocycles. The zero-order valence-electron chi connectivity index (χ0n) is 17.9. The van der Waals surface area contributed by atoms with Gasteiger partial charge in [-0.25, -0.2) is 0 Å². The second-order valence-corrected chi connectivity index (χ2v) is 7.87. The topological polar surface area (TPSA) is 75.7 Å². The van der Waals surface area contributed by atoms with Gasteiger partial charge < -0.3 is 10.1 Å². The van der Waals surface area contributed by atoms with Crippen LogP contribution < -0.4 is 15.0 Å². The molecule has 0 saturated heterocycles. The van der Waals surface area contributed by atoms with Crippen molar-refractivity contribution < 1.29 is 19.1 Å². The Balaban J connectivity index is 1.80. The minimum Gasteiger partial charge on any atom is -0.479 e. The fourth-order valence-corrected chi connectivity index (χ4v) is 3.41. The number of hydrogen-bond donors (Lipinski definition) is 1. The highest BCUT2D eigenvalue weighted by atomic mass is 16.5. The van der Waals surface area contributed by atoms with Crippen molar-refractivity contribution in [3.05, 3.63) is 53.6 Å². The number of carbonyl (C=O) groups is 3. The van der Waals surface area contributed by atoms with Crippen molar-refractivity contribution in [1.29, 1.82) is 0 Å². The molecule has 0 fully saturated rings. The number of Topliss-reactive ketones (excluding diaryl/α,β-unsaturated/α-hetero) is 1. The Morgan fingerprint density at radius 2 is 1.83 bits per heavy atom. The number of benzene rings is 2. The second-order valence-electron chi connectivity index (χ2n) is 7.87. The normalized spacial score (nSPS) is 15.6. The number of anilines is 2. The molecule has 6 heteroatoms. The summed E-state index contributed by atoms with van der Waals surface area (Å²) < 4.78 is 5.67. The highest BCUT2D eigenvalue weighted by Crippen LogP contribution is 2.35. The van der Waals surface area contributed by atoms with Crippen molar-refractivity contribution in [1.82, 2.24) is 0 Å². The summed E-state index contributed by atoms with van der Waals surface area (Å²) in [7, 11) is 0. The average Bonchev–Trinajstić information content (AvgIpc) is 2.71. The second kappa shape index (κ2) is 9.11. The van der Waals surface area contributed by atoms with Gasteiger partial charge in [0.05, 0.1) is 5.69 Å². The number of fused-ring (bicyclic) bond motifs is 1. The van der Waals surface area contributed by atoms with Gasteiger partial charge in [0.15, 0.2) is 11.9 Å². The predicted molar refractivity (Wildman–Crippen MR) is 117 cm³/mol. The Morgan fingerprint density at radius 3 is 2.47 bits per heavy atom. The molecular weight excluding hydrogens is 380 g/mol. The molecule has 1 unspecified atom stereocenters. The highest BCUT2D eigenvalue weighted by molar-refractivity contribution is 6.07. The van der Waals surface area contributed by atoms with Crippen LogP contribution in [-0.2, 0) is 9.59 Å². The summed E-state index contributed by atoms with van der Waals surface area (Å²) in [5.74, 6) is 0.271. The van der Waals surface area contributed by atoms with Gasteiger partial charge in [-0.1, -0.05) is 32.9 Å². The molecule has 158 valence electrons. The van der Waals surface area contributed by atoms with Crippen molar-refractivity contribution in [2.75, 3.05) is 16.8 Å². The van der Waals surface area contributed by atoms with E-state index in [0.29, 0.717) is 35.0 Å². The summed E-state index contributed by atoms with van der Waals surface area (Å²) in [5.41, 5.74) is 2.82. The third-order valence-corrected chi connectivity index (χ3v) is 5.13. The van der Waals surface area contributed by atoms with E-state index < -0.39 is 6.10 Å². The van der Waals surface area contributed by atoms with Gasteiger partial charge in [0, 0.05) is 17.7 Å². The molecule has 2 amide bonds. The minimum atomic E-state index is -0.701. The summed E-state index contributed by atoms with van der Waals surface area (Å²) in [4.78, 5) is 39.1. The van der Waals surface area contributed by atoms with Crippen LogP contribution in [0.1, 0.15) is 62.4 Å². The van der Waals surface area contributed by atoms with E-state index in [4.69, 9.17) is 4.74 Å². The monoisotopic (exact) mass is 408 g/mol. The SMILES string of the molecule is CCCC(=O)c1ccc2c(c1)N(CC(=O)Nc1ccc(C(C)C)cc1)C(=O)C(C)O2. The fraction of sp³-hybridized carbons (Fsp3) is 0.375. The van der Waals surface area contributed by atoms with Crippen LogP contribution in [0.5, 0.6) is 5.75 Å². The molecule has 2 aromatic carbocycles. The van der Waals surface area contributed by atoms with Crippen LogP contribution >= 0.6 is 0 Å². The van der Waals surface area contributed by atoms with E-state index in [2.05, 4.69) is 19.2 Å². The largest absolute Gasteiger partial charge is 0.479 e. The zero-order chi connectivity index (χ0) is 21.8. The standard InChI is InChI=1S/C24H28N2O4/c1-5-6-21(27)18-9-12-22-20(13-18)26(24(29)16(4)30-22)14-23(28)25-19-10-7-17(8-11-19)15(2)3/h7-13,15-16H,5-6,14H2,1-4H3,(H,25,28). The van der Waals surface area contributed by atoms with Gasteiger partial charge >= 0.3 is 0 Å². The lowest BCUT2D eigenvalue weighted by Crippen LogP contribution is -2.47. The lowest BCUT2D eigenvalue weighted by atomic mass is 10.0. The smallest absolute Gasteiger partial charge is 0.268 e. The Hall–Kier alpha value is -3.15. The van der Waals surface area contributed by atoms with Crippen LogP contribution in [0.3, 0.4) is 0 Å². The molecule has 30 heavy (non-hydrogen) atoms. The van der Waals surface area contributed by atoms with Crippen LogP contribution in [0, 0.1) is 0 Å². The van der Waals surface area contributed by atoms with E-state index in [1.165, 1.54) is 10.5 Å². The Bertz CT molecular complexity index is 950. The van der Waals surface area contributed by atoms with E-state index in [-0.39, 0.29) is 24.1 Å². The summed E-state index contributed by atoms with van der Waals surface area (Å²) in [5, 5.41) is 2.84. The first-order valence-corrected chi connectivity index (χ1v) is 10.3. The molecule has 0 aliphatic carbocycles. The first kappa shape index (κ1) is 21.6. The Labute approximate surface area is 177 Å². The third-order valence-electron chi connectivity index (χ3n) is 5.13. The predicted octanol–water partition coefficient (Wildman–Crippen LogP) is 4.55. The molecule has 0 radical (unpaired) electrons. The summed E-state index contributed by atoms with van der Waals surface area (Å²) in [6.07, 6.45) is 0.467. The Morgan fingerprint density at radius 1 is 1.13 bits per heavy atom. The molecule has 1 heterocycles. The third kappa shape index (κ3) is 4.70. The molecule has 6 nitrogen and oxygen atoms in total. The van der Waals surface area contributed by atoms with E-state index in [9.17, 15) is 14.4 Å². The summed E-state index contributed by atoms with van der Waals surface area (Å²) >= 11 is 0. The average molecular weight is 408 g/mol. The first-order chi connectivity index (χ1) is 14.3. The maximum absolute atomic E-state index is 12.7. The van der Waals surface area contributed by atoms with Crippen molar-refractivity contribution in [3.63, 3.8) is 0 Å². The van der Waals surface area contributed by atoms with Crippen molar-refractivity contribution in [2.45, 2.75) is 52.6 Å². The number of ether oxygens (including phenoxy) is 1. The Kier molecular flexibility index (Phi) is 6.55. The minimum absolute atomic E-state index is 0.000940. The maximum Gasteiger partial charge on any atom is 0.268 e. The highest BCUT2D eigenvalue weighted by Gasteiger charge is 2.33. The van der Waals surface area contributed by atoms with Gasteiger partial charge in [0.1, 0.15) is 12.3 Å². The van der Waals surface area contributed by atoms with Crippen molar-refractivity contribution >= 4 is 29.0 Å². The number of rotatable bonds is 7.